The van der Waals surface area contributed by atoms with Crippen LogP contribution in [0.1, 0.15) is 43.0 Å². The third-order valence-corrected chi connectivity index (χ3v) is 6.54. The highest BCUT2D eigenvalue weighted by molar-refractivity contribution is 5.97. The quantitative estimate of drug-likeness (QED) is 0.854. The van der Waals surface area contributed by atoms with Crippen molar-refractivity contribution in [3.8, 4) is 0 Å². The van der Waals surface area contributed by atoms with Gasteiger partial charge in [0.15, 0.2) is 0 Å². The lowest BCUT2D eigenvalue weighted by molar-refractivity contribution is 0.0261. The van der Waals surface area contributed by atoms with Crippen LogP contribution >= 0.6 is 0 Å². The summed E-state index contributed by atoms with van der Waals surface area (Å²) >= 11 is 0. The first-order chi connectivity index (χ1) is 13.4. The summed E-state index contributed by atoms with van der Waals surface area (Å²) in [6.45, 7) is 5.81. The van der Waals surface area contributed by atoms with E-state index in [1.807, 2.05) is 4.90 Å². The van der Waals surface area contributed by atoms with E-state index in [1.165, 1.54) is 6.42 Å². The fourth-order valence-electron chi connectivity index (χ4n) is 4.74. The van der Waals surface area contributed by atoms with Crippen molar-refractivity contribution in [3.05, 3.63) is 44.6 Å². The molecule has 0 saturated carbocycles. The SMILES string of the molecule is CCn1c(=O)[nH]c2cc(C(=O)N3CCCC4(CCN(C)CC4)C3)ccc2c1=O. The maximum atomic E-state index is 13.2. The maximum Gasteiger partial charge on any atom is 0.328 e. The summed E-state index contributed by atoms with van der Waals surface area (Å²) in [7, 11) is 2.15. The monoisotopic (exact) mass is 384 g/mol. The van der Waals surface area contributed by atoms with Gasteiger partial charge in [-0.3, -0.25) is 14.2 Å². The van der Waals surface area contributed by atoms with E-state index in [4.69, 9.17) is 0 Å². The summed E-state index contributed by atoms with van der Waals surface area (Å²) < 4.78 is 1.16. The Morgan fingerprint density at radius 3 is 2.61 bits per heavy atom. The fraction of sp³-hybridized carbons (Fsp3) is 0.571. The fourth-order valence-corrected chi connectivity index (χ4v) is 4.74. The van der Waals surface area contributed by atoms with Crippen LogP contribution in [0.5, 0.6) is 0 Å². The van der Waals surface area contributed by atoms with Crippen LogP contribution in [0.15, 0.2) is 27.8 Å². The summed E-state index contributed by atoms with van der Waals surface area (Å²) in [5.41, 5.74) is 0.440. The number of H-pyrrole nitrogens is 1. The summed E-state index contributed by atoms with van der Waals surface area (Å²) in [4.78, 5) is 44.8. The van der Waals surface area contributed by atoms with Crippen LogP contribution in [-0.2, 0) is 6.54 Å². The molecular formula is C21H28N4O3. The number of nitrogens with zero attached hydrogens (tertiary/aromatic N) is 3. The first-order valence-electron chi connectivity index (χ1n) is 10.2. The zero-order valence-electron chi connectivity index (χ0n) is 16.7. The predicted molar refractivity (Wildman–Crippen MR) is 109 cm³/mol. The van der Waals surface area contributed by atoms with Gasteiger partial charge in [-0.05, 0) is 76.4 Å². The van der Waals surface area contributed by atoms with Gasteiger partial charge >= 0.3 is 5.69 Å². The Balaban J connectivity index is 1.62. The smallest absolute Gasteiger partial charge is 0.328 e. The number of fused-ring (bicyclic) bond motifs is 1. The lowest BCUT2D eigenvalue weighted by Gasteiger charge is -2.47. The van der Waals surface area contributed by atoms with E-state index in [1.54, 1.807) is 25.1 Å². The van der Waals surface area contributed by atoms with Gasteiger partial charge < -0.3 is 14.8 Å². The molecule has 2 fully saturated rings. The number of piperidine rings is 2. The number of rotatable bonds is 2. The third-order valence-electron chi connectivity index (χ3n) is 6.54. The van der Waals surface area contributed by atoms with Crippen molar-refractivity contribution >= 4 is 16.8 Å². The molecule has 0 radical (unpaired) electrons. The average Bonchev–Trinajstić information content (AvgIpc) is 2.70. The summed E-state index contributed by atoms with van der Waals surface area (Å²) in [5, 5.41) is 0.434. The normalized spacial score (nSPS) is 20.0. The Kier molecular flexibility index (Phi) is 4.87. The van der Waals surface area contributed by atoms with E-state index in [9.17, 15) is 14.4 Å². The standard InChI is InChI=1S/C21H28N4O3/c1-3-25-19(27)16-6-5-15(13-17(16)22-20(25)28)18(26)24-10-4-7-21(14-24)8-11-23(2)12-9-21/h5-6,13H,3-4,7-12,14H2,1-2H3,(H,22,28). The van der Waals surface area contributed by atoms with Gasteiger partial charge in [0.05, 0.1) is 10.9 Å². The first kappa shape index (κ1) is 18.9. The van der Waals surface area contributed by atoms with Gasteiger partial charge in [0.1, 0.15) is 0 Å². The summed E-state index contributed by atoms with van der Waals surface area (Å²) in [5.74, 6) is -0.0135. The minimum atomic E-state index is -0.437. The van der Waals surface area contributed by atoms with Gasteiger partial charge in [0, 0.05) is 25.2 Å². The number of aromatic amines is 1. The van der Waals surface area contributed by atoms with Crippen LogP contribution < -0.4 is 11.2 Å². The minimum Gasteiger partial charge on any atom is -0.338 e. The number of benzene rings is 1. The molecule has 0 aliphatic carbocycles. The van der Waals surface area contributed by atoms with Gasteiger partial charge in [0.2, 0.25) is 0 Å². The summed E-state index contributed by atoms with van der Waals surface area (Å²) in [6, 6.07) is 5.01. The number of nitrogens with one attached hydrogen (secondary N) is 1. The zero-order valence-corrected chi connectivity index (χ0v) is 16.7. The molecule has 150 valence electrons. The van der Waals surface area contributed by atoms with Gasteiger partial charge in [-0.25, -0.2) is 4.79 Å². The Morgan fingerprint density at radius 2 is 1.89 bits per heavy atom. The molecular weight excluding hydrogens is 356 g/mol. The molecule has 7 nitrogen and oxygen atoms in total. The predicted octanol–water partition coefficient (Wildman–Crippen LogP) is 1.66. The maximum absolute atomic E-state index is 13.2. The highest BCUT2D eigenvalue weighted by Gasteiger charge is 2.39. The second-order valence-electron chi connectivity index (χ2n) is 8.37. The second-order valence-corrected chi connectivity index (χ2v) is 8.37. The van der Waals surface area contributed by atoms with E-state index in [2.05, 4.69) is 16.9 Å². The van der Waals surface area contributed by atoms with Gasteiger partial charge in [-0.2, -0.15) is 0 Å². The highest BCUT2D eigenvalue weighted by atomic mass is 16.2. The molecule has 2 aromatic rings. The number of hydrogen-bond acceptors (Lipinski definition) is 4. The molecule has 0 atom stereocenters. The number of carbonyl (C=O) groups is 1. The van der Waals surface area contributed by atoms with Crippen LogP contribution in [0, 0.1) is 5.41 Å². The van der Waals surface area contributed by atoms with Crippen molar-refractivity contribution in [2.75, 3.05) is 33.2 Å². The van der Waals surface area contributed by atoms with E-state index in [-0.39, 0.29) is 16.9 Å². The van der Waals surface area contributed by atoms with Gasteiger partial charge in [-0.1, -0.05) is 0 Å². The van der Waals surface area contributed by atoms with E-state index in [0.717, 1.165) is 50.0 Å². The van der Waals surface area contributed by atoms with Crippen LogP contribution in [-0.4, -0.2) is 58.5 Å². The minimum absolute atomic E-state index is 0.0135. The number of aromatic nitrogens is 2. The molecule has 1 aromatic heterocycles. The van der Waals surface area contributed by atoms with Crippen LogP contribution in [0.2, 0.25) is 0 Å². The largest absolute Gasteiger partial charge is 0.338 e. The lowest BCUT2D eigenvalue weighted by Crippen LogP contribution is -2.50. The van der Waals surface area contributed by atoms with Crippen LogP contribution in [0.3, 0.4) is 0 Å². The Labute approximate surface area is 163 Å². The molecule has 0 bridgehead atoms. The van der Waals surface area contributed by atoms with Crippen molar-refractivity contribution < 1.29 is 4.79 Å². The van der Waals surface area contributed by atoms with Gasteiger partial charge in [0.25, 0.3) is 11.5 Å². The topological polar surface area (TPSA) is 78.4 Å². The second kappa shape index (κ2) is 7.20. The number of amides is 1. The summed E-state index contributed by atoms with van der Waals surface area (Å²) in [6.07, 6.45) is 4.48. The van der Waals surface area contributed by atoms with E-state index in [0.29, 0.717) is 23.0 Å². The Bertz CT molecular complexity index is 1010. The molecule has 3 heterocycles. The molecule has 2 aliphatic rings. The molecule has 1 amide bonds. The van der Waals surface area contributed by atoms with E-state index >= 15 is 0 Å². The van der Waals surface area contributed by atoms with Gasteiger partial charge in [-0.15, -0.1) is 0 Å². The molecule has 2 aliphatic heterocycles. The van der Waals surface area contributed by atoms with Crippen LogP contribution in [0.25, 0.3) is 10.9 Å². The Hall–Kier alpha value is -2.41. The molecule has 2 saturated heterocycles. The lowest BCUT2D eigenvalue weighted by atomic mass is 9.72. The molecule has 1 spiro atoms. The number of hydrogen-bond donors (Lipinski definition) is 1. The molecule has 7 heteroatoms. The first-order valence-corrected chi connectivity index (χ1v) is 10.2. The highest BCUT2D eigenvalue weighted by Crippen LogP contribution is 2.39. The van der Waals surface area contributed by atoms with Crippen LogP contribution in [0.4, 0.5) is 0 Å². The molecule has 1 N–H and O–H groups in total. The number of likely N-dealkylation sites (tertiary alicyclic amines) is 2. The number of carbonyl (C=O) groups excluding carboxylic acids is 1. The van der Waals surface area contributed by atoms with Crippen molar-refractivity contribution in [2.24, 2.45) is 5.41 Å². The van der Waals surface area contributed by atoms with Crippen molar-refractivity contribution in [1.29, 1.82) is 0 Å². The zero-order chi connectivity index (χ0) is 19.9. The molecule has 28 heavy (non-hydrogen) atoms. The molecule has 0 unspecified atom stereocenters. The van der Waals surface area contributed by atoms with E-state index < -0.39 is 5.69 Å². The van der Waals surface area contributed by atoms with Crippen molar-refractivity contribution in [1.82, 2.24) is 19.4 Å². The molecule has 4 rings (SSSR count). The average molecular weight is 384 g/mol. The van der Waals surface area contributed by atoms with Crippen molar-refractivity contribution in [3.63, 3.8) is 0 Å². The third kappa shape index (κ3) is 3.28. The molecule has 1 aromatic carbocycles. The van der Waals surface area contributed by atoms with Crippen molar-refractivity contribution in [2.45, 2.75) is 39.2 Å². The Morgan fingerprint density at radius 1 is 1.14 bits per heavy atom.